The van der Waals surface area contributed by atoms with Gasteiger partial charge in [0.25, 0.3) is 11.8 Å². The number of halogens is 2. The Balaban J connectivity index is 1.47. The minimum Gasteiger partial charge on any atom is -0.423 e. The van der Waals surface area contributed by atoms with Gasteiger partial charge < -0.3 is 10.1 Å². The highest BCUT2D eigenvalue weighted by atomic mass is 127. The van der Waals surface area contributed by atoms with E-state index in [1.54, 1.807) is 60.7 Å². The third-order valence-electron chi connectivity index (χ3n) is 4.12. The van der Waals surface area contributed by atoms with E-state index >= 15 is 0 Å². The van der Waals surface area contributed by atoms with Gasteiger partial charge in [0.2, 0.25) is 0 Å². The summed E-state index contributed by atoms with van der Waals surface area (Å²) in [6, 6.07) is 20.7. The van der Waals surface area contributed by atoms with E-state index < -0.39 is 11.9 Å². The predicted octanol–water partition coefficient (Wildman–Crippen LogP) is 4.15. The van der Waals surface area contributed by atoms with Crippen LogP contribution in [0.4, 0.5) is 0 Å². The lowest BCUT2D eigenvalue weighted by Crippen LogP contribution is -2.35. The molecule has 0 aromatic heterocycles. The number of ether oxygens (including phenoxy) is 1. The standard InChI is InChI=1S/C23H17BrIN3O4/c24-19-7-3-1-5-17(19)22(30)26-14-21(29)28-27-13-15-9-11-16(12-10-15)32-23(31)18-6-2-4-8-20(18)25/h1-13H,14H2,(H,26,30)(H,28,29). The highest BCUT2D eigenvalue weighted by molar-refractivity contribution is 14.1. The molecule has 3 aromatic rings. The summed E-state index contributed by atoms with van der Waals surface area (Å²) in [6.07, 6.45) is 1.44. The largest absolute Gasteiger partial charge is 0.423 e. The number of hydrogen-bond donors (Lipinski definition) is 2. The first-order valence-corrected chi connectivity index (χ1v) is 11.2. The number of esters is 1. The maximum absolute atomic E-state index is 12.3. The van der Waals surface area contributed by atoms with Crippen LogP contribution in [0.15, 0.2) is 82.4 Å². The van der Waals surface area contributed by atoms with Crippen molar-refractivity contribution in [2.45, 2.75) is 0 Å². The third kappa shape index (κ3) is 6.72. The monoisotopic (exact) mass is 605 g/mol. The summed E-state index contributed by atoms with van der Waals surface area (Å²) in [5, 5.41) is 6.39. The first-order chi connectivity index (χ1) is 15.4. The predicted molar refractivity (Wildman–Crippen MR) is 133 cm³/mol. The van der Waals surface area contributed by atoms with Gasteiger partial charge in [0.1, 0.15) is 5.75 Å². The van der Waals surface area contributed by atoms with Crippen molar-refractivity contribution in [2.75, 3.05) is 6.54 Å². The number of carbonyl (C=O) groups is 3. The zero-order chi connectivity index (χ0) is 22.9. The van der Waals surface area contributed by atoms with Gasteiger partial charge in [0.15, 0.2) is 0 Å². The maximum Gasteiger partial charge on any atom is 0.344 e. The van der Waals surface area contributed by atoms with E-state index in [4.69, 9.17) is 4.74 Å². The number of nitrogens with zero attached hydrogens (tertiary/aromatic N) is 1. The van der Waals surface area contributed by atoms with Gasteiger partial charge in [-0.15, -0.1) is 0 Å². The summed E-state index contributed by atoms with van der Waals surface area (Å²) in [7, 11) is 0. The van der Waals surface area contributed by atoms with Crippen molar-refractivity contribution in [1.29, 1.82) is 0 Å². The van der Waals surface area contributed by atoms with Gasteiger partial charge in [-0.25, -0.2) is 10.2 Å². The minimum atomic E-state index is -0.468. The molecule has 9 heteroatoms. The van der Waals surface area contributed by atoms with Crippen LogP contribution in [0.1, 0.15) is 26.3 Å². The molecule has 0 unspecified atom stereocenters. The Labute approximate surface area is 206 Å². The van der Waals surface area contributed by atoms with Crippen LogP contribution in [0.25, 0.3) is 0 Å². The molecule has 0 aliphatic rings. The SMILES string of the molecule is O=C(CNC(=O)c1ccccc1Br)NN=Cc1ccc(OC(=O)c2ccccc2I)cc1. The minimum absolute atomic E-state index is 0.218. The van der Waals surface area contributed by atoms with E-state index in [0.29, 0.717) is 26.9 Å². The van der Waals surface area contributed by atoms with Crippen molar-refractivity contribution in [3.8, 4) is 5.75 Å². The second kappa shape index (κ2) is 11.5. The molecule has 32 heavy (non-hydrogen) atoms. The molecule has 0 atom stereocenters. The molecule has 2 N–H and O–H groups in total. The zero-order valence-corrected chi connectivity index (χ0v) is 20.3. The number of carbonyl (C=O) groups excluding carboxylic acids is 3. The first kappa shape index (κ1) is 23.6. The van der Waals surface area contributed by atoms with Crippen molar-refractivity contribution in [3.05, 3.63) is 97.5 Å². The molecule has 0 aliphatic carbocycles. The summed E-state index contributed by atoms with van der Waals surface area (Å²) in [6.45, 7) is -0.218. The van der Waals surface area contributed by atoms with Crippen LogP contribution in [0.5, 0.6) is 5.75 Å². The highest BCUT2D eigenvalue weighted by Crippen LogP contribution is 2.17. The van der Waals surface area contributed by atoms with Gasteiger partial charge in [0.05, 0.1) is 23.9 Å². The quantitative estimate of drug-likeness (QED) is 0.139. The van der Waals surface area contributed by atoms with Crippen molar-refractivity contribution in [2.24, 2.45) is 5.10 Å². The van der Waals surface area contributed by atoms with E-state index in [1.165, 1.54) is 6.21 Å². The van der Waals surface area contributed by atoms with Crippen LogP contribution in [0.3, 0.4) is 0 Å². The molecular weight excluding hydrogens is 589 g/mol. The third-order valence-corrected chi connectivity index (χ3v) is 5.75. The van der Waals surface area contributed by atoms with Crippen LogP contribution in [0.2, 0.25) is 0 Å². The molecule has 0 aliphatic heterocycles. The first-order valence-electron chi connectivity index (χ1n) is 9.35. The molecule has 0 heterocycles. The number of hydrogen-bond acceptors (Lipinski definition) is 5. The Bertz CT molecular complexity index is 1170. The average Bonchev–Trinajstić information content (AvgIpc) is 2.79. The Hall–Kier alpha value is -3.05. The smallest absolute Gasteiger partial charge is 0.344 e. The van der Waals surface area contributed by atoms with E-state index in [-0.39, 0.29) is 12.5 Å². The summed E-state index contributed by atoms with van der Waals surface area (Å²) in [5.74, 6) is -0.879. The van der Waals surface area contributed by atoms with E-state index in [2.05, 4.69) is 54.4 Å². The second-order valence-corrected chi connectivity index (χ2v) is 8.41. The number of rotatable bonds is 7. The van der Waals surface area contributed by atoms with E-state index in [0.717, 1.165) is 3.57 Å². The Morgan fingerprint density at radius 2 is 1.59 bits per heavy atom. The van der Waals surface area contributed by atoms with Gasteiger partial charge in [-0.05, 0) is 92.6 Å². The van der Waals surface area contributed by atoms with E-state index in [1.807, 2.05) is 12.1 Å². The van der Waals surface area contributed by atoms with Gasteiger partial charge in [-0.2, -0.15) is 5.10 Å². The molecular formula is C23H17BrIN3O4. The molecule has 0 saturated carbocycles. The normalized spacial score (nSPS) is 10.6. The summed E-state index contributed by atoms with van der Waals surface area (Å²) in [5.41, 5.74) is 3.97. The maximum atomic E-state index is 12.3. The lowest BCUT2D eigenvalue weighted by Gasteiger charge is -2.06. The fourth-order valence-electron chi connectivity index (χ4n) is 2.53. The average molecular weight is 606 g/mol. The summed E-state index contributed by atoms with van der Waals surface area (Å²) in [4.78, 5) is 36.2. The van der Waals surface area contributed by atoms with Crippen LogP contribution in [0, 0.1) is 3.57 Å². The summed E-state index contributed by atoms with van der Waals surface area (Å²) < 4.78 is 6.83. The number of hydrazone groups is 1. The van der Waals surface area contributed by atoms with Crippen molar-refractivity contribution >= 4 is 62.5 Å². The van der Waals surface area contributed by atoms with Crippen molar-refractivity contribution in [1.82, 2.24) is 10.7 Å². The van der Waals surface area contributed by atoms with Gasteiger partial charge >= 0.3 is 5.97 Å². The van der Waals surface area contributed by atoms with Gasteiger partial charge in [0, 0.05) is 8.04 Å². The molecule has 3 aromatic carbocycles. The lowest BCUT2D eigenvalue weighted by atomic mass is 10.2. The van der Waals surface area contributed by atoms with Gasteiger partial charge in [-0.1, -0.05) is 24.3 Å². The number of nitrogens with one attached hydrogen (secondary N) is 2. The molecule has 0 saturated heterocycles. The Morgan fingerprint density at radius 1 is 0.938 bits per heavy atom. The molecule has 0 radical (unpaired) electrons. The van der Waals surface area contributed by atoms with Crippen LogP contribution < -0.4 is 15.5 Å². The fourth-order valence-corrected chi connectivity index (χ4v) is 3.60. The fraction of sp³-hybridized carbons (Fsp3) is 0.0435. The Morgan fingerprint density at radius 3 is 2.28 bits per heavy atom. The summed E-state index contributed by atoms with van der Waals surface area (Å²) >= 11 is 5.37. The molecule has 3 rings (SSSR count). The van der Waals surface area contributed by atoms with Crippen molar-refractivity contribution in [3.63, 3.8) is 0 Å². The van der Waals surface area contributed by atoms with Crippen LogP contribution >= 0.6 is 38.5 Å². The van der Waals surface area contributed by atoms with Crippen LogP contribution in [-0.4, -0.2) is 30.5 Å². The molecule has 2 amide bonds. The second-order valence-electron chi connectivity index (χ2n) is 6.39. The van der Waals surface area contributed by atoms with Gasteiger partial charge in [-0.3, -0.25) is 9.59 Å². The topological polar surface area (TPSA) is 96.9 Å². The van der Waals surface area contributed by atoms with Crippen LogP contribution in [-0.2, 0) is 4.79 Å². The molecule has 0 bridgehead atoms. The highest BCUT2D eigenvalue weighted by Gasteiger charge is 2.12. The lowest BCUT2D eigenvalue weighted by molar-refractivity contribution is -0.120. The number of benzene rings is 3. The van der Waals surface area contributed by atoms with E-state index in [9.17, 15) is 14.4 Å². The number of amides is 2. The van der Waals surface area contributed by atoms with Crippen molar-refractivity contribution < 1.29 is 19.1 Å². The Kier molecular flexibility index (Phi) is 8.51. The molecule has 0 spiro atoms. The molecule has 162 valence electrons. The molecule has 7 nitrogen and oxygen atoms in total. The zero-order valence-electron chi connectivity index (χ0n) is 16.5. The molecule has 0 fully saturated rings.